The smallest absolute Gasteiger partial charge is 0.427 e. The number of nitrogens with one attached hydrogen (secondary N) is 1. The van der Waals surface area contributed by atoms with E-state index < -0.39 is 6.09 Å². The monoisotopic (exact) mass is 264 g/mol. The summed E-state index contributed by atoms with van der Waals surface area (Å²) in [7, 11) is 0. The number of benzene rings is 1. The third-order valence-electron chi connectivity index (χ3n) is 2.55. The SMILES string of the molecule is CCOC(=O)NN=C(C)c1ccc2c(c1)OCCO2. The van der Waals surface area contributed by atoms with Crippen LogP contribution in [0.2, 0.25) is 0 Å². The number of hydrogen-bond acceptors (Lipinski definition) is 5. The zero-order chi connectivity index (χ0) is 13.7. The first-order valence-corrected chi connectivity index (χ1v) is 6.07. The molecular formula is C13H16N2O4. The predicted octanol–water partition coefficient (Wildman–Crippen LogP) is 1.93. The first-order valence-electron chi connectivity index (χ1n) is 6.07. The van der Waals surface area contributed by atoms with Gasteiger partial charge in [-0.3, -0.25) is 0 Å². The van der Waals surface area contributed by atoms with Crippen LogP contribution >= 0.6 is 0 Å². The van der Waals surface area contributed by atoms with E-state index in [2.05, 4.69) is 10.5 Å². The molecule has 2 rings (SSSR count). The second-order valence-corrected chi connectivity index (χ2v) is 3.89. The molecule has 6 nitrogen and oxygen atoms in total. The lowest BCUT2D eigenvalue weighted by molar-refractivity contribution is 0.152. The average molecular weight is 264 g/mol. The second kappa shape index (κ2) is 6.08. The summed E-state index contributed by atoms with van der Waals surface area (Å²) in [5.74, 6) is 1.41. The number of carbonyl (C=O) groups excluding carboxylic acids is 1. The van der Waals surface area contributed by atoms with Crippen LogP contribution in [0.25, 0.3) is 0 Å². The number of hydrogen-bond donors (Lipinski definition) is 1. The fourth-order valence-corrected chi connectivity index (χ4v) is 1.63. The van der Waals surface area contributed by atoms with Crippen LogP contribution < -0.4 is 14.9 Å². The van der Waals surface area contributed by atoms with E-state index in [1.54, 1.807) is 13.8 Å². The number of amides is 1. The van der Waals surface area contributed by atoms with Gasteiger partial charge in [-0.1, -0.05) is 0 Å². The first-order chi connectivity index (χ1) is 9.20. The summed E-state index contributed by atoms with van der Waals surface area (Å²) in [5.41, 5.74) is 3.82. The van der Waals surface area contributed by atoms with Gasteiger partial charge in [0.15, 0.2) is 11.5 Å². The lowest BCUT2D eigenvalue weighted by Crippen LogP contribution is -2.20. The lowest BCUT2D eigenvalue weighted by atomic mass is 10.1. The van der Waals surface area contributed by atoms with E-state index in [1.165, 1.54) is 0 Å². The summed E-state index contributed by atoms with van der Waals surface area (Å²) in [4.78, 5) is 11.1. The highest BCUT2D eigenvalue weighted by molar-refractivity contribution is 5.99. The molecule has 0 saturated heterocycles. The standard InChI is InChI=1S/C13H16N2O4/c1-3-17-13(16)15-14-9(2)10-4-5-11-12(8-10)19-7-6-18-11/h4-5,8H,3,6-7H2,1-2H3,(H,15,16). The molecule has 1 aliphatic rings. The van der Waals surface area contributed by atoms with Gasteiger partial charge in [-0.05, 0) is 32.0 Å². The molecule has 0 radical (unpaired) electrons. The predicted molar refractivity (Wildman–Crippen MR) is 69.8 cm³/mol. The Morgan fingerprint density at radius 3 is 2.84 bits per heavy atom. The van der Waals surface area contributed by atoms with Crippen molar-refractivity contribution in [2.45, 2.75) is 13.8 Å². The van der Waals surface area contributed by atoms with Gasteiger partial charge in [-0.2, -0.15) is 5.10 Å². The van der Waals surface area contributed by atoms with E-state index in [4.69, 9.17) is 14.2 Å². The summed E-state index contributed by atoms with van der Waals surface area (Å²) in [5, 5.41) is 3.96. The highest BCUT2D eigenvalue weighted by Crippen LogP contribution is 2.30. The summed E-state index contributed by atoms with van der Waals surface area (Å²) in [6.07, 6.45) is -0.570. The quantitative estimate of drug-likeness (QED) is 0.669. The van der Waals surface area contributed by atoms with Crippen molar-refractivity contribution in [3.05, 3.63) is 23.8 Å². The molecule has 1 amide bonds. The molecule has 1 aromatic carbocycles. The van der Waals surface area contributed by atoms with Gasteiger partial charge < -0.3 is 14.2 Å². The third-order valence-corrected chi connectivity index (χ3v) is 2.55. The molecule has 0 unspecified atom stereocenters. The molecule has 102 valence electrons. The van der Waals surface area contributed by atoms with Gasteiger partial charge in [0.25, 0.3) is 0 Å². The number of fused-ring (bicyclic) bond motifs is 1. The minimum atomic E-state index is -0.570. The Balaban J connectivity index is 2.08. The maximum atomic E-state index is 11.1. The van der Waals surface area contributed by atoms with Crippen molar-refractivity contribution in [2.75, 3.05) is 19.8 Å². The highest BCUT2D eigenvalue weighted by Gasteiger charge is 2.12. The van der Waals surface area contributed by atoms with Crippen LogP contribution in [-0.4, -0.2) is 31.6 Å². The van der Waals surface area contributed by atoms with Crippen LogP contribution in [0, 0.1) is 0 Å². The maximum Gasteiger partial charge on any atom is 0.427 e. The Morgan fingerprint density at radius 1 is 1.37 bits per heavy atom. The van der Waals surface area contributed by atoms with Crippen LogP contribution in [-0.2, 0) is 4.74 Å². The van der Waals surface area contributed by atoms with Crippen LogP contribution in [0.15, 0.2) is 23.3 Å². The Morgan fingerprint density at radius 2 is 2.11 bits per heavy atom. The summed E-state index contributed by atoms with van der Waals surface area (Å²) < 4.78 is 15.6. The molecular weight excluding hydrogens is 248 g/mol. The molecule has 1 aliphatic heterocycles. The maximum absolute atomic E-state index is 11.1. The minimum absolute atomic E-state index is 0.310. The van der Waals surface area contributed by atoms with Crippen molar-refractivity contribution in [1.82, 2.24) is 5.43 Å². The number of hydrazone groups is 1. The van der Waals surface area contributed by atoms with Crippen LogP contribution in [0.4, 0.5) is 4.79 Å². The van der Waals surface area contributed by atoms with Gasteiger partial charge in [-0.15, -0.1) is 0 Å². The van der Waals surface area contributed by atoms with Crippen molar-refractivity contribution in [2.24, 2.45) is 5.10 Å². The van der Waals surface area contributed by atoms with E-state index in [0.29, 0.717) is 31.3 Å². The van der Waals surface area contributed by atoms with E-state index in [9.17, 15) is 4.79 Å². The Hall–Kier alpha value is -2.24. The van der Waals surface area contributed by atoms with Crippen molar-refractivity contribution in [3.8, 4) is 11.5 Å². The first kappa shape index (κ1) is 13.2. The third kappa shape index (κ3) is 3.37. The molecule has 1 heterocycles. The van der Waals surface area contributed by atoms with E-state index in [0.717, 1.165) is 11.3 Å². The molecule has 0 bridgehead atoms. The van der Waals surface area contributed by atoms with Crippen molar-refractivity contribution in [1.29, 1.82) is 0 Å². The van der Waals surface area contributed by atoms with Gasteiger partial charge in [-0.25, -0.2) is 10.2 Å². The summed E-state index contributed by atoms with van der Waals surface area (Å²) in [6.45, 7) is 4.93. The number of ether oxygens (including phenoxy) is 3. The fraction of sp³-hybridized carbons (Fsp3) is 0.385. The van der Waals surface area contributed by atoms with Gasteiger partial charge >= 0.3 is 6.09 Å². The summed E-state index contributed by atoms with van der Waals surface area (Å²) in [6, 6.07) is 5.52. The van der Waals surface area contributed by atoms with Gasteiger partial charge in [0.1, 0.15) is 13.2 Å². The molecule has 1 aromatic rings. The number of nitrogens with zero attached hydrogens (tertiary/aromatic N) is 1. The average Bonchev–Trinajstić information content (AvgIpc) is 2.44. The molecule has 0 spiro atoms. The molecule has 0 saturated carbocycles. The highest BCUT2D eigenvalue weighted by atomic mass is 16.6. The van der Waals surface area contributed by atoms with Crippen LogP contribution in [0.3, 0.4) is 0 Å². The molecule has 0 fully saturated rings. The lowest BCUT2D eigenvalue weighted by Gasteiger charge is -2.18. The molecule has 19 heavy (non-hydrogen) atoms. The van der Waals surface area contributed by atoms with Gasteiger partial charge in [0.05, 0.1) is 12.3 Å². The van der Waals surface area contributed by atoms with E-state index >= 15 is 0 Å². The van der Waals surface area contributed by atoms with Crippen molar-refractivity contribution in [3.63, 3.8) is 0 Å². The molecule has 0 aromatic heterocycles. The Labute approximate surface area is 111 Å². The molecule has 0 atom stereocenters. The Kier molecular flexibility index (Phi) is 4.22. The van der Waals surface area contributed by atoms with Gasteiger partial charge in [0, 0.05) is 5.56 Å². The molecule has 1 N–H and O–H groups in total. The minimum Gasteiger partial charge on any atom is -0.486 e. The fourth-order valence-electron chi connectivity index (χ4n) is 1.63. The molecule has 6 heteroatoms. The zero-order valence-electron chi connectivity index (χ0n) is 10.9. The van der Waals surface area contributed by atoms with Crippen LogP contribution in [0.5, 0.6) is 11.5 Å². The largest absolute Gasteiger partial charge is 0.486 e. The topological polar surface area (TPSA) is 69.2 Å². The van der Waals surface area contributed by atoms with Crippen molar-refractivity contribution < 1.29 is 19.0 Å². The number of carbonyl (C=O) groups is 1. The van der Waals surface area contributed by atoms with Gasteiger partial charge in [0.2, 0.25) is 0 Å². The number of rotatable bonds is 3. The Bertz CT molecular complexity index is 499. The summed E-state index contributed by atoms with van der Waals surface area (Å²) >= 11 is 0. The zero-order valence-corrected chi connectivity index (χ0v) is 10.9. The van der Waals surface area contributed by atoms with E-state index in [1.807, 2.05) is 18.2 Å². The second-order valence-electron chi connectivity index (χ2n) is 3.89. The molecule has 0 aliphatic carbocycles. The normalized spacial score (nSPS) is 13.9. The van der Waals surface area contributed by atoms with Crippen LogP contribution in [0.1, 0.15) is 19.4 Å². The van der Waals surface area contributed by atoms with E-state index in [-0.39, 0.29) is 0 Å². The van der Waals surface area contributed by atoms with Crippen molar-refractivity contribution >= 4 is 11.8 Å².